The molecule has 0 saturated carbocycles. The maximum atomic E-state index is 9.83. The van der Waals surface area contributed by atoms with Crippen molar-refractivity contribution in [2.24, 2.45) is 0 Å². The predicted molar refractivity (Wildman–Crippen MR) is 32.8 cm³/mol. The fraction of sp³-hybridized carbons (Fsp3) is 0. The molecule has 0 spiro atoms. The predicted octanol–water partition coefficient (Wildman–Crippen LogP) is 1.83. The molecule has 1 N–H and O–H groups in total. The molecule has 0 aromatic rings. The van der Waals surface area contributed by atoms with Crippen molar-refractivity contribution >= 4 is 37.1 Å². The van der Waals surface area contributed by atoms with Gasteiger partial charge >= 0.3 is 0 Å². The van der Waals surface area contributed by atoms with Gasteiger partial charge in [0.15, 0.2) is 0 Å². The first kappa shape index (κ1) is 8.00. The van der Waals surface area contributed by atoms with Gasteiger partial charge < -0.3 is 0 Å². The van der Waals surface area contributed by atoms with Gasteiger partial charge in [0.25, 0.3) is 0 Å². The van der Waals surface area contributed by atoms with E-state index in [1.165, 1.54) is 0 Å². The molecule has 0 aromatic carbocycles. The fourth-order valence-corrected chi connectivity index (χ4v) is 2.68. The van der Waals surface area contributed by atoms with E-state index in [4.69, 9.17) is 22.5 Å². The zero-order chi connectivity index (χ0) is 5.86. The standard InChI is InChI=1S/Cl2H3NO2P2/c1-6(4)3-7(2)5/h6-7H,(H,3,4,5). The summed E-state index contributed by atoms with van der Waals surface area (Å²) in [6.45, 7) is 0. The van der Waals surface area contributed by atoms with Crippen LogP contribution < -0.4 is 4.86 Å². The van der Waals surface area contributed by atoms with Crippen LogP contribution in [0.4, 0.5) is 0 Å². The molecule has 0 aliphatic carbocycles. The minimum absolute atomic E-state index is 1.93. The second kappa shape index (κ2) is 3.94. The molecular weight excluding hydrogens is 179 g/mol. The Balaban J connectivity index is 3.32. The summed E-state index contributed by atoms with van der Waals surface area (Å²) < 4.78 is 19.7. The van der Waals surface area contributed by atoms with E-state index < -0.39 is 14.6 Å². The van der Waals surface area contributed by atoms with E-state index in [-0.39, 0.29) is 0 Å². The molecule has 0 bridgehead atoms. The summed E-state index contributed by atoms with van der Waals surface area (Å²) in [6.07, 6.45) is 0. The average Bonchev–Trinajstić information content (AvgIpc) is 1.27. The second-order valence-corrected chi connectivity index (χ2v) is 4.83. The molecule has 2 unspecified atom stereocenters. The topological polar surface area (TPSA) is 46.2 Å². The normalized spacial score (nSPS) is 18.6. The third-order valence-corrected chi connectivity index (χ3v) is 3.47. The Morgan fingerprint density at radius 2 is 1.43 bits per heavy atom. The molecule has 0 fully saturated rings. The molecule has 2 atom stereocenters. The summed E-state index contributed by atoms with van der Waals surface area (Å²) in [6, 6.07) is 0. The highest BCUT2D eigenvalue weighted by atomic mass is 35.7. The Hall–Kier alpha value is 1.00. The van der Waals surface area contributed by atoms with Crippen molar-refractivity contribution in [2.75, 3.05) is 0 Å². The average molecular weight is 182 g/mol. The lowest BCUT2D eigenvalue weighted by Gasteiger charge is -1.85. The van der Waals surface area contributed by atoms with Crippen molar-refractivity contribution in [1.82, 2.24) is 4.86 Å². The van der Waals surface area contributed by atoms with Crippen LogP contribution in [-0.2, 0) is 9.13 Å². The molecular formula is H3Cl2NO2P2. The Morgan fingerprint density at radius 3 is 1.43 bits per heavy atom. The summed E-state index contributed by atoms with van der Waals surface area (Å²) in [7, 11) is -4.72. The van der Waals surface area contributed by atoms with Crippen molar-refractivity contribution in [2.45, 2.75) is 0 Å². The molecule has 0 amide bonds. The van der Waals surface area contributed by atoms with Crippen LogP contribution in [-0.4, -0.2) is 0 Å². The van der Waals surface area contributed by atoms with Crippen molar-refractivity contribution in [3.8, 4) is 0 Å². The van der Waals surface area contributed by atoms with E-state index in [0.717, 1.165) is 0 Å². The number of nitrogens with one attached hydrogen (secondary N) is 1. The Morgan fingerprint density at radius 1 is 1.14 bits per heavy atom. The maximum absolute atomic E-state index is 9.83. The first-order chi connectivity index (χ1) is 3.13. The molecule has 0 aromatic heterocycles. The number of hydrogen-bond donors (Lipinski definition) is 1. The maximum Gasteiger partial charge on any atom is 0.227 e. The second-order valence-electron chi connectivity index (χ2n) is 0.672. The van der Waals surface area contributed by atoms with Gasteiger partial charge in [0.1, 0.15) is 0 Å². The van der Waals surface area contributed by atoms with Crippen LogP contribution in [0.15, 0.2) is 0 Å². The minimum atomic E-state index is -2.36. The van der Waals surface area contributed by atoms with Gasteiger partial charge in [-0.3, -0.25) is 9.13 Å². The third-order valence-electron chi connectivity index (χ3n) is 0.197. The van der Waals surface area contributed by atoms with Gasteiger partial charge in [-0.05, 0) is 22.5 Å². The molecule has 0 aliphatic rings. The van der Waals surface area contributed by atoms with Crippen LogP contribution in [0.5, 0.6) is 0 Å². The SMILES string of the molecule is O=[PH](Cl)N[PH](=O)Cl. The van der Waals surface area contributed by atoms with E-state index >= 15 is 0 Å². The van der Waals surface area contributed by atoms with Gasteiger partial charge in [-0.2, -0.15) is 4.86 Å². The molecule has 0 radical (unpaired) electrons. The zero-order valence-electron chi connectivity index (χ0n) is 3.07. The first-order valence-electron chi connectivity index (χ1n) is 1.29. The summed E-state index contributed by atoms with van der Waals surface area (Å²) in [5.41, 5.74) is 0. The van der Waals surface area contributed by atoms with Gasteiger partial charge in [-0.1, -0.05) is 0 Å². The van der Waals surface area contributed by atoms with Crippen LogP contribution in [0.1, 0.15) is 0 Å². The van der Waals surface area contributed by atoms with E-state index in [2.05, 4.69) is 0 Å². The fourth-order valence-electron chi connectivity index (χ4n) is 0.0773. The number of halogens is 2. The molecule has 0 rings (SSSR count). The van der Waals surface area contributed by atoms with E-state index in [1.54, 1.807) is 0 Å². The highest BCUT2D eigenvalue weighted by molar-refractivity contribution is 7.85. The smallest absolute Gasteiger partial charge is 0.227 e. The Labute approximate surface area is 51.6 Å². The lowest BCUT2D eigenvalue weighted by Crippen LogP contribution is -1.76. The first-order valence-corrected chi connectivity index (χ1v) is 6.13. The van der Waals surface area contributed by atoms with Gasteiger partial charge in [0, 0.05) is 0 Å². The van der Waals surface area contributed by atoms with Crippen LogP contribution >= 0.6 is 37.1 Å². The van der Waals surface area contributed by atoms with E-state index in [0.29, 0.717) is 0 Å². The quantitative estimate of drug-likeness (QED) is 0.662. The summed E-state index contributed by atoms with van der Waals surface area (Å²) in [5, 5.41) is 0. The molecule has 0 saturated heterocycles. The highest BCUT2D eigenvalue weighted by Gasteiger charge is 1.92. The number of rotatable bonds is 2. The monoisotopic (exact) mass is 181 g/mol. The van der Waals surface area contributed by atoms with Gasteiger partial charge in [0.05, 0.1) is 0 Å². The summed E-state index contributed by atoms with van der Waals surface area (Å²) >= 11 is 9.70. The largest absolute Gasteiger partial charge is 0.292 e. The van der Waals surface area contributed by atoms with Crippen LogP contribution in [0.3, 0.4) is 0 Å². The molecule has 7 heteroatoms. The van der Waals surface area contributed by atoms with Crippen LogP contribution in [0.25, 0.3) is 0 Å². The van der Waals surface area contributed by atoms with Gasteiger partial charge in [-0.25, -0.2) is 0 Å². The van der Waals surface area contributed by atoms with Crippen LogP contribution in [0, 0.1) is 0 Å². The summed E-state index contributed by atoms with van der Waals surface area (Å²) in [5.74, 6) is 0. The van der Waals surface area contributed by atoms with E-state index in [9.17, 15) is 9.13 Å². The molecule has 7 heavy (non-hydrogen) atoms. The highest BCUT2D eigenvalue weighted by Crippen LogP contribution is 2.33. The van der Waals surface area contributed by atoms with Crippen LogP contribution in [0.2, 0.25) is 0 Å². The lowest BCUT2D eigenvalue weighted by atomic mass is 13.9. The zero-order valence-corrected chi connectivity index (χ0v) is 6.58. The molecule has 3 nitrogen and oxygen atoms in total. The minimum Gasteiger partial charge on any atom is -0.292 e. The van der Waals surface area contributed by atoms with Crippen molar-refractivity contribution in [3.63, 3.8) is 0 Å². The van der Waals surface area contributed by atoms with Crippen molar-refractivity contribution in [1.29, 1.82) is 0 Å². The molecule has 0 heterocycles. The molecule has 0 aliphatic heterocycles. The Bertz CT molecular complexity index is 89.9. The van der Waals surface area contributed by atoms with Gasteiger partial charge in [0.2, 0.25) is 14.6 Å². The van der Waals surface area contributed by atoms with Crippen molar-refractivity contribution < 1.29 is 9.13 Å². The lowest BCUT2D eigenvalue weighted by molar-refractivity contribution is 0.585. The number of hydrogen-bond acceptors (Lipinski definition) is 2. The summed E-state index contributed by atoms with van der Waals surface area (Å²) in [4.78, 5) is 1.93. The van der Waals surface area contributed by atoms with Crippen molar-refractivity contribution in [3.05, 3.63) is 0 Å². The van der Waals surface area contributed by atoms with Gasteiger partial charge in [-0.15, -0.1) is 0 Å². The Kier molecular flexibility index (Phi) is 4.50. The van der Waals surface area contributed by atoms with E-state index in [1.807, 2.05) is 4.86 Å². The third kappa shape index (κ3) is 7.00. The molecule has 44 valence electrons.